The molecule has 0 unspecified atom stereocenters. The Labute approximate surface area is 117 Å². The van der Waals surface area contributed by atoms with Crippen molar-refractivity contribution in [2.75, 3.05) is 19.5 Å². The molecule has 0 aliphatic carbocycles. The van der Waals surface area contributed by atoms with E-state index in [9.17, 15) is 4.79 Å². The van der Waals surface area contributed by atoms with Crippen molar-refractivity contribution < 1.29 is 14.3 Å². The van der Waals surface area contributed by atoms with Crippen LogP contribution in [-0.4, -0.2) is 25.1 Å². The van der Waals surface area contributed by atoms with Crippen LogP contribution in [0.25, 0.3) is 0 Å². The fourth-order valence-electron chi connectivity index (χ4n) is 1.73. The quantitative estimate of drug-likeness (QED) is 0.929. The van der Waals surface area contributed by atoms with Crippen LogP contribution < -0.4 is 14.8 Å². The summed E-state index contributed by atoms with van der Waals surface area (Å²) in [5.74, 6) is 1.37. The van der Waals surface area contributed by atoms with Gasteiger partial charge in [-0.3, -0.25) is 4.79 Å². The third-order valence-corrected chi connectivity index (χ3v) is 2.77. The van der Waals surface area contributed by atoms with E-state index in [1.54, 1.807) is 44.7 Å². The van der Waals surface area contributed by atoms with Crippen LogP contribution in [0.15, 0.2) is 36.5 Å². The first-order chi connectivity index (χ1) is 9.62. The predicted octanol–water partition coefficient (Wildman–Crippen LogP) is 2.66. The summed E-state index contributed by atoms with van der Waals surface area (Å²) in [6.45, 7) is 1.94. The Morgan fingerprint density at radius 3 is 2.30 bits per heavy atom. The Morgan fingerprint density at radius 1 is 1.10 bits per heavy atom. The van der Waals surface area contributed by atoms with Gasteiger partial charge >= 0.3 is 0 Å². The largest absolute Gasteiger partial charge is 0.497 e. The van der Waals surface area contributed by atoms with Crippen molar-refractivity contribution in [3.05, 3.63) is 47.7 Å². The summed E-state index contributed by atoms with van der Waals surface area (Å²) in [5, 5.41) is 2.74. The third kappa shape index (κ3) is 3.26. The summed E-state index contributed by atoms with van der Waals surface area (Å²) in [4.78, 5) is 16.3. The Hall–Kier alpha value is -2.56. The number of amides is 1. The summed E-state index contributed by atoms with van der Waals surface area (Å²) in [6, 6.07) is 8.67. The van der Waals surface area contributed by atoms with Gasteiger partial charge in [-0.2, -0.15) is 0 Å². The monoisotopic (exact) mass is 272 g/mol. The average Bonchev–Trinajstić information content (AvgIpc) is 2.46. The second-order valence-electron chi connectivity index (χ2n) is 4.27. The van der Waals surface area contributed by atoms with E-state index in [0.717, 1.165) is 5.56 Å². The molecule has 0 radical (unpaired) electrons. The maximum absolute atomic E-state index is 12.2. The summed E-state index contributed by atoms with van der Waals surface area (Å²) < 4.78 is 10.3. The first-order valence-electron chi connectivity index (χ1n) is 6.09. The van der Waals surface area contributed by atoms with E-state index in [-0.39, 0.29) is 5.91 Å². The molecule has 104 valence electrons. The maximum Gasteiger partial charge on any atom is 0.257 e. The molecule has 0 aliphatic heterocycles. The van der Waals surface area contributed by atoms with Crippen molar-refractivity contribution in [2.24, 2.45) is 0 Å². The molecular formula is C15H16N2O3. The lowest BCUT2D eigenvalue weighted by Gasteiger charge is -2.09. The lowest BCUT2D eigenvalue weighted by molar-refractivity contribution is 0.102. The highest BCUT2D eigenvalue weighted by molar-refractivity contribution is 6.04. The number of carbonyl (C=O) groups excluding carboxylic acids is 1. The van der Waals surface area contributed by atoms with E-state index in [4.69, 9.17) is 9.47 Å². The average molecular weight is 272 g/mol. The Balaban J connectivity index is 2.24. The van der Waals surface area contributed by atoms with Crippen molar-refractivity contribution in [1.29, 1.82) is 0 Å². The maximum atomic E-state index is 12.2. The molecule has 0 saturated carbocycles. The van der Waals surface area contributed by atoms with Crippen LogP contribution in [0.5, 0.6) is 11.5 Å². The minimum absolute atomic E-state index is 0.264. The van der Waals surface area contributed by atoms with Gasteiger partial charge in [0.25, 0.3) is 5.91 Å². The smallest absolute Gasteiger partial charge is 0.257 e. The number of ether oxygens (including phenoxy) is 2. The van der Waals surface area contributed by atoms with E-state index < -0.39 is 0 Å². The van der Waals surface area contributed by atoms with Gasteiger partial charge in [0.1, 0.15) is 17.3 Å². The van der Waals surface area contributed by atoms with Crippen LogP contribution in [0.3, 0.4) is 0 Å². The van der Waals surface area contributed by atoms with E-state index in [2.05, 4.69) is 10.3 Å². The van der Waals surface area contributed by atoms with Crippen LogP contribution in [-0.2, 0) is 0 Å². The molecule has 5 nitrogen and oxygen atoms in total. The minimum atomic E-state index is -0.264. The molecule has 0 spiro atoms. The molecule has 1 aromatic carbocycles. The number of hydrogen-bond acceptors (Lipinski definition) is 4. The summed E-state index contributed by atoms with van der Waals surface area (Å²) in [6.07, 6.45) is 1.65. The van der Waals surface area contributed by atoms with Gasteiger partial charge in [0.05, 0.1) is 14.2 Å². The van der Waals surface area contributed by atoms with Gasteiger partial charge in [0.15, 0.2) is 0 Å². The van der Waals surface area contributed by atoms with Crippen molar-refractivity contribution in [3.63, 3.8) is 0 Å². The number of carbonyl (C=O) groups is 1. The van der Waals surface area contributed by atoms with Gasteiger partial charge in [-0.1, -0.05) is 0 Å². The second-order valence-corrected chi connectivity index (χ2v) is 4.27. The molecule has 1 aromatic heterocycles. The number of hydrogen-bond donors (Lipinski definition) is 1. The summed E-state index contributed by atoms with van der Waals surface area (Å²) in [7, 11) is 3.08. The highest BCUT2D eigenvalue weighted by atomic mass is 16.5. The SMILES string of the molecule is COc1cc(OC)cc(C(=O)Nc2cc(C)ccn2)c1. The van der Waals surface area contributed by atoms with E-state index in [1.807, 2.05) is 13.0 Å². The lowest BCUT2D eigenvalue weighted by atomic mass is 10.2. The van der Waals surface area contributed by atoms with Gasteiger partial charge in [-0.05, 0) is 36.8 Å². The highest BCUT2D eigenvalue weighted by Crippen LogP contribution is 2.23. The van der Waals surface area contributed by atoms with Crippen LogP contribution in [0.1, 0.15) is 15.9 Å². The van der Waals surface area contributed by atoms with Gasteiger partial charge in [0, 0.05) is 17.8 Å². The second kappa shape index (κ2) is 6.06. The summed E-state index contributed by atoms with van der Waals surface area (Å²) in [5.41, 5.74) is 1.48. The molecule has 0 fully saturated rings. The Bertz CT molecular complexity index is 604. The predicted molar refractivity (Wildman–Crippen MR) is 76.5 cm³/mol. The van der Waals surface area contributed by atoms with Crippen LogP contribution in [0.4, 0.5) is 5.82 Å². The molecule has 0 aliphatic rings. The number of pyridine rings is 1. The first-order valence-corrected chi connectivity index (χ1v) is 6.09. The van der Waals surface area contributed by atoms with Crippen LogP contribution in [0, 0.1) is 6.92 Å². The zero-order valence-electron chi connectivity index (χ0n) is 11.6. The molecule has 1 N–H and O–H groups in total. The van der Waals surface area contributed by atoms with Crippen molar-refractivity contribution >= 4 is 11.7 Å². The van der Waals surface area contributed by atoms with Gasteiger partial charge in [-0.15, -0.1) is 0 Å². The molecule has 20 heavy (non-hydrogen) atoms. The van der Waals surface area contributed by atoms with Crippen LogP contribution >= 0.6 is 0 Å². The molecule has 0 saturated heterocycles. The fraction of sp³-hybridized carbons (Fsp3) is 0.200. The number of nitrogens with one attached hydrogen (secondary N) is 1. The molecule has 2 rings (SSSR count). The third-order valence-electron chi connectivity index (χ3n) is 2.77. The van der Waals surface area contributed by atoms with Gasteiger partial charge in [-0.25, -0.2) is 4.98 Å². The Kier molecular flexibility index (Phi) is 4.20. The zero-order valence-corrected chi connectivity index (χ0v) is 11.6. The molecule has 1 heterocycles. The molecule has 1 amide bonds. The topological polar surface area (TPSA) is 60.5 Å². The van der Waals surface area contributed by atoms with E-state index >= 15 is 0 Å². The van der Waals surface area contributed by atoms with Crippen molar-refractivity contribution in [3.8, 4) is 11.5 Å². The van der Waals surface area contributed by atoms with Crippen molar-refractivity contribution in [2.45, 2.75) is 6.92 Å². The first kappa shape index (κ1) is 13.9. The Morgan fingerprint density at radius 2 is 1.75 bits per heavy atom. The molecule has 5 heteroatoms. The number of methoxy groups -OCH3 is 2. The number of anilines is 1. The lowest BCUT2D eigenvalue weighted by Crippen LogP contribution is -2.13. The molecule has 2 aromatic rings. The van der Waals surface area contributed by atoms with Crippen LogP contribution in [0.2, 0.25) is 0 Å². The van der Waals surface area contributed by atoms with Crippen molar-refractivity contribution in [1.82, 2.24) is 4.98 Å². The van der Waals surface area contributed by atoms with E-state index in [0.29, 0.717) is 22.9 Å². The number of nitrogens with zero attached hydrogens (tertiary/aromatic N) is 1. The van der Waals surface area contributed by atoms with Gasteiger partial charge < -0.3 is 14.8 Å². The molecule has 0 atom stereocenters. The van der Waals surface area contributed by atoms with Gasteiger partial charge in [0.2, 0.25) is 0 Å². The normalized spacial score (nSPS) is 9.95. The number of aryl methyl sites for hydroxylation is 1. The molecular weight excluding hydrogens is 256 g/mol. The highest BCUT2D eigenvalue weighted by Gasteiger charge is 2.10. The van der Waals surface area contributed by atoms with E-state index in [1.165, 1.54) is 0 Å². The zero-order chi connectivity index (χ0) is 14.5. The summed E-state index contributed by atoms with van der Waals surface area (Å²) >= 11 is 0. The number of benzene rings is 1. The molecule has 0 bridgehead atoms. The number of aromatic nitrogens is 1. The fourth-order valence-corrected chi connectivity index (χ4v) is 1.73. The minimum Gasteiger partial charge on any atom is -0.497 e. The number of rotatable bonds is 4. The standard InChI is InChI=1S/C15H16N2O3/c1-10-4-5-16-14(6-10)17-15(18)11-7-12(19-2)9-13(8-11)20-3/h4-9H,1-3H3,(H,16,17,18).